The van der Waals surface area contributed by atoms with Crippen LogP contribution in [0, 0.1) is 19.7 Å². The lowest BCUT2D eigenvalue weighted by atomic mass is 10.1. The van der Waals surface area contributed by atoms with Crippen LogP contribution < -0.4 is 0 Å². The third-order valence-electron chi connectivity index (χ3n) is 2.22. The number of aromatic nitrogens is 2. The number of benzene rings is 1. The van der Waals surface area contributed by atoms with E-state index >= 15 is 0 Å². The Hall–Kier alpha value is -1.38. The topological polar surface area (TPSA) is 17.8 Å². The molecule has 0 saturated carbocycles. The molecule has 82 valence electrons. The Morgan fingerprint density at radius 3 is 2.40 bits per heavy atom. The van der Waals surface area contributed by atoms with Crippen LogP contribution in [-0.2, 0) is 7.05 Å². The summed E-state index contributed by atoms with van der Waals surface area (Å²) in [6.07, 6.45) is 0. The fourth-order valence-corrected chi connectivity index (χ4v) is 1.67. The molecule has 0 amide bonds. The second-order valence-electron chi connectivity index (χ2n) is 3.35. The second-order valence-corrected chi connectivity index (χ2v) is 3.35. The molecule has 0 aliphatic carbocycles. The summed E-state index contributed by atoms with van der Waals surface area (Å²) in [6.45, 7) is 7.70. The van der Waals surface area contributed by atoms with Gasteiger partial charge < -0.3 is 0 Å². The molecule has 0 atom stereocenters. The number of aryl methyl sites for hydroxylation is 3. The molecule has 0 spiro atoms. The molecule has 0 N–H and O–H groups in total. The first-order valence-electron chi connectivity index (χ1n) is 5.19. The highest BCUT2D eigenvalue weighted by molar-refractivity contribution is 5.83. The van der Waals surface area contributed by atoms with E-state index in [9.17, 15) is 4.39 Å². The van der Waals surface area contributed by atoms with Crippen LogP contribution >= 0.6 is 0 Å². The van der Waals surface area contributed by atoms with Crippen LogP contribution in [-0.4, -0.2) is 9.78 Å². The van der Waals surface area contributed by atoms with Crippen molar-refractivity contribution in [2.45, 2.75) is 27.7 Å². The Morgan fingerprint density at radius 2 is 1.80 bits per heavy atom. The van der Waals surface area contributed by atoms with Gasteiger partial charge >= 0.3 is 0 Å². The Balaban J connectivity index is 0.000000531. The average molecular weight is 208 g/mol. The smallest absolute Gasteiger partial charge is 0.134 e. The third kappa shape index (κ3) is 2.01. The number of halogens is 1. The Labute approximate surface area is 89.7 Å². The lowest BCUT2D eigenvalue weighted by Gasteiger charge is -1.97. The van der Waals surface area contributed by atoms with Crippen molar-refractivity contribution in [1.29, 1.82) is 0 Å². The molecule has 15 heavy (non-hydrogen) atoms. The van der Waals surface area contributed by atoms with Crippen LogP contribution in [0.2, 0.25) is 0 Å². The summed E-state index contributed by atoms with van der Waals surface area (Å²) in [7, 11) is 1.83. The van der Waals surface area contributed by atoms with Gasteiger partial charge in [-0.2, -0.15) is 5.10 Å². The zero-order chi connectivity index (χ0) is 11.6. The van der Waals surface area contributed by atoms with Crippen molar-refractivity contribution in [1.82, 2.24) is 9.78 Å². The molecular weight excluding hydrogens is 191 g/mol. The van der Waals surface area contributed by atoms with E-state index in [-0.39, 0.29) is 5.82 Å². The summed E-state index contributed by atoms with van der Waals surface area (Å²) >= 11 is 0. The monoisotopic (exact) mass is 208 g/mol. The highest BCUT2D eigenvalue weighted by Crippen LogP contribution is 2.22. The molecule has 2 nitrogen and oxygen atoms in total. The molecular formula is C12H17FN2. The molecule has 3 heteroatoms. The van der Waals surface area contributed by atoms with E-state index in [2.05, 4.69) is 5.10 Å². The van der Waals surface area contributed by atoms with E-state index in [0.29, 0.717) is 5.39 Å². The quantitative estimate of drug-likeness (QED) is 0.649. The number of hydrogen-bond acceptors (Lipinski definition) is 1. The standard InChI is InChI=1S/C10H11FN2.C2H6/c1-6-4-8(11)10-7(2)12-13(3)9(10)5-6;1-2/h4-5H,1-3H3;1-2H3. The molecule has 2 rings (SSSR count). The molecule has 0 aliphatic heterocycles. The molecule has 1 aromatic carbocycles. The van der Waals surface area contributed by atoms with Gasteiger partial charge in [0.2, 0.25) is 0 Å². The number of fused-ring (bicyclic) bond motifs is 1. The van der Waals surface area contributed by atoms with Gasteiger partial charge in [-0.15, -0.1) is 0 Å². The van der Waals surface area contributed by atoms with E-state index in [1.54, 1.807) is 4.68 Å². The van der Waals surface area contributed by atoms with Crippen LogP contribution in [0.1, 0.15) is 25.1 Å². The normalized spacial score (nSPS) is 10.0. The summed E-state index contributed by atoms with van der Waals surface area (Å²) in [5, 5.41) is 4.80. The first-order chi connectivity index (χ1) is 7.09. The largest absolute Gasteiger partial charge is 0.268 e. The Morgan fingerprint density at radius 1 is 1.20 bits per heavy atom. The van der Waals surface area contributed by atoms with Gasteiger partial charge in [-0.1, -0.05) is 13.8 Å². The minimum Gasteiger partial charge on any atom is -0.268 e. The Kier molecular flexibility index (Phi) is 3.45. The van der Waals surface area contributed by atoms with E-state index in [0.717, 1.165) is 16.8 Å². The number of rotatable bonds is 0. The minimum atomic E-state index is -0.180. The number of hydrogen-bond donors (Lipinski definition) is 0. The highest BCUT2D eigenvalue weighted by atomic mass is 19.1. The summed E-state index contributed by atoms with van der Waals surface area (Å²) < 4.78 is 15.2. The van der Waals surface area contributed by atoms with E-state index < -0.39 is 0 Å². The fourth-order valence-electron chi connectivity index (χ4n) is 1.67. The van der Waals surface area contributed by atoms with Crippen LogP contribution in [0.5, 0.6) is 0 Å². The number of nitrogens with zero attached hydrogens (tertiary/aromatic N) is 2. The van der Waals surface area contributed by atoms with Gasteiger partial charge in [-0.05, 0) is 31.5 Å². The summed E-state index contributed by atoms with van der Waals surface area (Å²) in [5.41, 5.74) is 2.53. The van der Waals surface area contributed by atoms with Crippen molar-refractivity contribution < 1.29 is 4.39 Å². The van der Waals surface area contributed by atoms with Crippen molar-refractivity contribution in [2.75, 3.05) is 0 Å². The molecule has 1 aromatic heterocycles. The van der Waals surface area contributed by atoms with Gasteiger partial charge in [0.05, 0.1) is 16.6 Å². The van der Waals surface area contributed by atoms with Crippen LogP contribution in [0.4, 0.5) is 4.39 Å². The van der Waals surface area contributed by atoms with Crippen molar-refractivity contribution in [3.63, 3.8) is 0 Å². The average Bonchev–Trinajstić information content (AvgIpc) is 2.45. The van der Waals surface area contributed by atoms with Gasteiger partial charge in [0.15, 0.2) is 0 Å². The first kappa shape index (κ1) is 11.7. The van der Waals surface area contributed by atoms with E-state index in [1.165, 1.54) is 6.07 Å². The Bertz CT molecular complexity index is 472. The molecule has 2 aromatic rings. The molecule has 0 fully saturated rings. The van der Waals surface area contributed by atoms with E-state index in [1.807, 2.05) is 40.8 Å². The summed E-state index contributed by atoms with van der Waals surface area (Å²) in [6, 6.07) is 3.48. The zero-order valence-corrected chi connectivity index (χ0v) is 9.93. The summed E-state index contributed by atoms with van der Waals surface area (Å²) in [5.74, 6) is -0.180. The third-order valence-corrected chi connectivity index (χ3v) is 2.22. The molecule has 1 heterocycles. The van der Waals surface area contributed by atoms with Crippen LogP contribution in [0.15, 0.2) is 12.1 Å². The van der Waals surface area contributed by atoms with Crippen LogP contribution in [0.25, 0.3) is 10.9 Å². The molecule has 0 unspecified atom stereocenters. The molecule has 0 aliphatic rings. The zero-order valence-electron chi connectivity index (χ0n) is 9.93. The lowest BCUT2D eigenvalue weighted by molar-refractivity contribution is 0.638. The van der Waals surface area contributed by atoms with Gasteiger partial charge in [-0.25, -0.2) is 4.39 Å². The second kappa shape index (κ2) is 4.43. The van der Waals surface area contributed by atoms with Crippen molar-refractivity contribution in [3.05, 3.63) is 29.2 Å². The van der Waals surface area contributed by atoms with Gasteiger partial charge in [0, 0.05) is 7.05 Å². The predicted octanol–water partition coefficient (Wildman–Crippen LogP) is 3.36. The van der Waals surface area contributed by atoms with Crippen LogP contribution in [0.3, 0.4) is 0 Å². The van der Waals surface area contributed by atoms with Gasteiger partial charge in [-0.3, -0.25) is 4.68 Å². The SMILES string of the molecule is CC.Cc1cc(F)c2c(C)nn(C)c2c1. The fraction of sp³-hybridized carbons (Fsp3) is 0.417. The van der Waals surface area contributed by atoms with Crippen molar-refractivity contribution in [2.24, 2.45) is 7.05 Å². The van der Waals surface area contributed by atoms with Gasteiger partial charge in [0.25, 0.3) is 0 Å². The lowest BCUT2D eigenvalue weighted by Crippen LogP contribution is -1.90. The minimum absolute atomic E-state index is 0.180. The summed E-state index contributed by atoms with van der Waals surface area (Å²) in [4.78, 5) is 0. The molecule has 0 saturated heterocycles. The van der Waals surface area contributed by atoms with Crippen molar-refractivity contribution in [3.8, 4) is 0 Å². The first-order valence-corrected chi connectivity index (χ1v) is 5.19. The molecule has 0 radical (unpaired) electrons. The van der Waals surface area contributed by atoms with E-state index in [4.69, 9.17) is 0 Å². The maximum Gasteiger partial charge on any atom is 0.134 e. The predicted molar refractivity (Wildman–Crippen MR) is 61.5 cm³/mol. The maximum absolute atomic E-state index is 13.5. The van der Waals surface area contributed by atoms with Crippen molar-refractivity contribution >= 4 is 10.9 Å². The van der Waals surface area contributed by atoms with Gasteiger partial charge in [0.1, 0.15) is 5.82 Å². The maximum atomic E-state index is 13.5. The highest BCUT2D eigenvalue weighted by Gasteiger charge is 2.09. The molecule has 0 bridgehead atoms.